The molecule has 0 bridgehead atoms. The number of nitrogen functional groups attached to an aromatic ring is 1. The zero-order valence-corrected chi connectivity index (χ0v) is 12.1. The van der Waals surface area contributed by atoms with Gasteiger partial charge in [0.15, 0.2) is 0 Å². The van der Waals surface area contributed by atoms with E-state index in [1.165, 1.54) is 6.07 Å². The molecule has 5 heteroatoms. The minimum atomic E-state index is -3.49. The van der Waals surface area contributed by atoms with E-state index in [4.69, 9.17) is 5.73 Å². The fourth-order valence-electron chi connectivity index (χ4n) is 1.45. The molecule has 0 saturated carbocycles. The van der Waals surface area contributed by atoms with Crippen LogP contribution in [0.1, 0.15) is 25.0 Å². The van der Waals surface area contributed by atoms with Crippen LogP contribution in [-0.2, 0) is 10.0 Å². The van der Waals surface area contributed by atoms with E-state index >= 15 is 0 Å². The molecule has 100 valence electrons. The Hall–Kier alpha value is -1.33. The Balaban J connectivity index is 3.03. The van der Waals surface area contributed by atoms with Crippen molar-refractivity contribution in [2.45, 2.75) is 32.6 Å². The normalized spacial score (nSPS) is 11.3. The van der Waals surface area contributed by atoms with Gasteiger partial charge in [0.1, 0.15) is 0 Å². The summed E-state index contributed by atoms with van der Waals surface area (Å²) in [7, 11) is -3.49. The van der Waals surface area contributed by atoms with E-state index in [1.807, 2.05) is 33.8 Å². The van der Waals surface area contributed by atoms with E-state index in [9.17, 15) is 8.42 Å². The highest BCUT2D eigenvalue weighted by Crippen LogP contribution is 2.21. The smallest absolute Gasteiger partial charge is 0.240 e. The standard InChI is InChI=1S/C13H20N2O2S/c1-9(2)5-6-15-18(16,17)12-7-10(3)11(4)13(14)8-12/h5,7-8,15H,6,14H2,1-4H3. The van der Waals surface area contributed by atoms with Crippen molar-refractivity contribution in [1.82, 2.24) is 4.72 Å². The van der Waals surface area contributed by atoms with E-state index in [1.54, 1.807) is 6.07 Å². The fraction of sp³-hybridized carbons (Fsp3) is 0.385. The van der Waals surface area contributed by atoms with E-state index in [-0.39, 0.29) is 11.4 Å². The maximum absolute atomic E-state index is 12.0. The van der Waals surface area contributed by atoms with Crippen molar-refractivity contribution < 1.29 is 8.42 Å². The first-order valence-electron chi connectivity index (χ1n) is 5.74. The van der Waals surface area contributed by atoms with Gasteiger partial charge in [-0.1, -0.05) is 11.6 Å². The van der Waals surface area contributed by atoms with Gasteiger partial charge in [-0.2, -0.15) is 0 Å². The number of anilines is 1. The molecule has 0 aliphatic heterocycles. The lowest BCUT2D eigenvalue weighted by Gasteiger charge is -2.10. The maximum Gasteiger partial charge on any atom is 0.240 e. The molecule has 0 atom stereocenters. The molecule has 18 heavy (non-hydrogen) atoms. The monoisotopic (exact) mass is 268 g/mol. The van der Waals surface area contributed by atoms with Gasteiger partial charge in [-0.25, -0.2) is 13.1 Å². The SMILES string of the molecule is CC(C)=CCNS(=O)(=O)c1cc(C)c(C)c(N)c1. The number of hydrogen-bond acceptors (Lipinski definition) is 3. The fourth-order valence-corrected chi connectivity index (χ4v) is 2.53. The average molecular weight is 268 g/mol. The first-order valence-corrected chi connectivity index (χ1v) is 7.22. The van der Waals surface area contributed by atoms with Crippen LogP contribution in [-0.4, -0.2) is 15.0 Å². The van der Waals surface area contributed by atoms with Crippen LogP contribution in [0.3, 0.4) is 0 Å². The second-order valence-corrected chi connectivity index (χ2v) is 6.35. The summed E-state index contributed by atoms with van der Waals surface area (Å²) in [4.78, 5) is 0.213. The van der Waals surface area contributed by atoms with Crippen molar-refractivity contribution in [2.24, 2.45) is 0 Å². The van der Waals surface area contributed by atoms with Gasteiger partial charge in [-0.15, -0.1) is 0 Å². The molecular weight excluding hydrogens is 248 g/mol. The highest BCUT2D eigenvalue weighted by molar-refractivity contribution is 7.89. The molecule has 0 heterocycles. The number of sulfonamides is 1. The van der Waals surface area contributed by atoms with Gasteiger partial charge < -0.3 is 5.73 Å². The molecule has 0 saturated heterocycles. The molecule has 1 aromatic carbocycles. The lowest BCUT2D eigenvalue weighted by Crippen LogP contribution is -2.24. The van der Waals surface area contributed by atoms with Gasteiger partial charge in [-0.05, 0) is 51.0 Å². The van der Waals surface area contributed by atoms with E-state index in [0.717, 1.165) is 16.7 Å². The van der Waals surface area contributed by atoms with Crippen LogP contribution in [0.15, 0.2) is 28.7 Å². The summed E-state index contributed by atoms with van der Waals surface area (Å²) in [6, 6.07) is 3.13. The summed E-state index contributed by atoms with van der Waals surface area (Å²) in [5.74, 6) is 0. The molecule has 0 unspecified atom stereocenters. The van der Waals surface area contributed by atoms with E-state index < -0.39 is 10.0 Å². The molecule has 4 nitrogen and oxygen atoms in total. The Bertz CT molecular complexity index is 548. The Kier molecular flexibility index (Phi) is 4.53. The van der Waals surface area contributed by atoms with Crippen molar-refractivity contribution in [3.8, 4) is 0 Å². The molecule has 0 spiro atoms. The third kappa shape index (κ3) is 3.58. The summed E-state index contributed by atoms with van der Waals surface area (Å²) >= 11 is 0. The summed E-state index contributed by atoms with van der Waals surface area (Å²) in [6.45, 7) is 7.85. The van der Waals surface area contributed by atoms with Gasteiger partial charge in [0.2, 0.25) is 10.0 Å². The lowest BCUT2D eigenvalue weighted by atomic mass is 10.1. The van der Waals surface area contributed by atoms with Crippen LogP contribution in [0, 0.1) is 13.8 Å². The molecule has 1 aromatic rings. The van der Waals surface area contributed by atoms with Crippen LogP contribution < -0.4 is 10.5 Å². The molecule has 0 aliphatic rings. The summed E-state index contributed by atoms with van der Waals surface area (Å²) in [5.41, 5.74) is 9.14. The van der Waals surface area contributed by atoms with Gasteiger partial charge in [0.25, 0.3) is 0 Å². The molecular formula is C13H20N2O2S. The van der Waals surface area contributed by atoms with Gasteiger partial charge in [0.05, 0.1) is 4.90 Å². The van der Waals surface area contributed by atoms with Crippen LogP contribution in [0.25, 0.3) is 0 Å². The highest BCUT2D eigenvalue weighted by atomic mass is 32.2. The van der Waals surface area contributed by atoms with E-state index in [2.05, 4.69) is 4.72 Å². The lowest BCUT2D eigenvalue weighted by molar-refractivity contribution is 0.585. The molecule has 0 aliphatic carbocycles. The molecule has 3 N–H and O–H groups in total. The second kappa shape index (κ2) is 5.54. The number of nitrogens with one attached hydrogen (secondary N) is 1. The minimum absolute atomic E-state index is 0.213. The predicted octanol–water partition coefficient (Wildman–Crippen LogP) is 2.13. The average Bonchev–Trinajstić information content (AvgIpc) is 2.24. The Morgan fingerprint density at radius 3 is 2.44 bits per heavy atom. The number of aryl methyl sites for hydroxylation is 1. The second-order valence-electron chi connectivity index (χ2n) is 4.59. The van der Waals surface area contributed by atoms with Crippen molar-refractivity contribution in [3.05, 3.63) is 34.9 Å². The number of hydrogen-bond donors (Lipinski definition) is 2. The zero-order chi connectivity index (χ0) is 13.9. The topological polar surface area (TPSA) is 72.2 Å². The molecule has 0 amide bonds. The third-order valence-electron chi connectivity index (χ3n) is 2.78. The summed E-state index contributed by atoms with van der Waals surface area (Å²) in [6.07, 6.45) is 1.82. The summed E-state index contributed by atoms with van der Waals surface area (Å²) < 4.78 is 26.6. The Labute approximate surface area is 109 Å². The Morgan fingerprint density at radius 1 is 1.33 bits per heavy atom. The quantitative estimate of drug-likeness (QED) is 0.649. The van der Waals surface area contributed by atoms with Gasteiger partial charge in [-0.3, -0.25) is 0 Å². The number of allylic oxidation sites excluding steroid dienone is 1. The number of nitrogens with two attached hydrogens (primary N) is 1. The van der Waals surface area contributed by atoms with Crippen LogP contribution in [0.5, 0.6) is 0 Å². The first kappa shape index (κ1) is 14.7. The molecule has 0 aromatic heterocycles. The van der Waals surface area contributed by atoms with Crippen LogP contribution in [0.4, 0.5) is 5.69 Å². The van der Waals surface area contributed by atoms with Crippen molar-refractivity contribution in [2.75, 3.05) is 12.3 Å². The zero-order valence-electron chi connectivity index (χ0n) is 11.2. The third-order valence-corrected chi connectivity index (χ3v) is 4.18. The van der Waals surface area contributed by atoms with E-state index in [0.29, 0.717) is 5.69 Å². The van der Waals surface area contributed by atoms with Crippen molar-refractivity contribution in [3.63, 3.8) is 0 Å². The van der Waals surface area contributed by atoms with Crippen molar-refractivity contribution in [1.29, 1.82) is 0 Å². The molecule has 0 fully saturated rings. The van der Waals surface area contributed by atoms with Crippen LogP contribution >= 0.6 is 0 Å². The maximum atomic E-state index is 12.0. The van der Waals surface area contributed by atoms with Crippen molar-refractivity contribution >= 4 is 15.7 Å². The first-order chi connectivity index (χ1) is 8.24. The molecule has 1 rings (SSSR count). The highest BCUT2D eigenvalue weighted by Gasteiger charge is 2.15. The number of benzene rings is 1. The minimum Gasteiger partial charge on any atom is -0.398 e. The summed E-state index contributed by atoms with van der Waals surface area (Å²) in [5, 5.41) is 0. The van der Waals surface area contributed by atoms with Gasteiger partial charge in [0, 0.05) is 12.2 Å². The van der Waals surface area contributed by atoms with Crippen LogP contribution in [0.2, 0.25) is 0 Å². The Morgan fingerprint density at radius 2 is 1.94 bits per heavy atom. The predicted molar refractivity (Wildman–Crippen MR) is 74.9 cm³/mol. The number of rotatable bonds is 4. The largest absolute Gasteiger partial charge is 0.398 e. The van der Waals surface area contributed by atoms with Gasteiger partial charge >= 0.3 is 0 Å². The molecule has 0 radical (unpaired) electrons.